The van der Waals surface area contributed by atoms with Crippen molar-refractivity contribution in [3.05, 3.63) is 182 Å². The minimum atomic E-state index is -0.527. The van der Waals surface area contributed by atoms with Gasteiger partial charge in [-0.15, -0.1) is 0 Å². The summed E-state index contributed by atoms with van der Waals surface area (Å²) in [7, 11) is 0. The van der Waals surface area contributed by atoms with Gasteiger partial charge in [-0.3, -0.25) is 0 Å². The zero-order chi connectivity index (χ0) is 42.0. The first-order valence-electron chi connectivity index (χ1n) is 20.8. The summed E-state index contributed by atoms with van der Waals surface area (Å²) in [5, 5.41) is 1.55. The van der Waals surface area contributed by atoms with Crippen LogP contribution < -0.4 is 4.90 Å². The van der Waals surface area contributed by atoms with Gasteiger partial charge < -0.3 is 9.32 Å². The molecule has 7 aromatic carbocycles. The summed E-state index contributed by atoms with van der Waals surface area (Å²) in [4.78, 5) is 15.9. The molecule has 0 saturated heterocycles. The van der Waals surface area contributed by atoms with E-state index in [4.69, 9.17) is 28.1 Å². The van der Waals surface area contributed by atoms with Crippen LogP contribution in [0.15, 0.2) is 186 Å². The Bertz CT molecular complexity index is 3100. The Kier molecular flexibility index (Phi) is 5.18. The SMILES string of the molecule is [2H]c1c([2H])c([2H])c(-c2nc(-c3ccccc3)nc(-c3ccc(-c4ccc(N(c5ccccc5)c5c([2H])c([2H])c([2H])c([2H])c5[2H])cc4)c4c3oc3ccccc34)n2)c([2H])c1[2H]. The quantitative estimate of drug-likeness (QED) is 0.171. The van der Waals surface area contributed by atoms with E-state index in [2.05, 4.69) is 4.98 Å². The van der Waals surface area contributed by atoms with E-state index in [0.717, 1.165) is 21.9 Å². The largest absolute Gasteiger partial charge is 0.455 e. The molecule has 9 aromatic rings. The van der Waals surface area contributed by atoms with Crippen molar-refractivity contribution in [3.8, 4) is 45.3 Å². The first-order valence-corrected chi connectivity index (χ1v) is 15.8. The molecule has 2 heterocycles. The van der Waals surface area contributed by atoms with Gasteiger partial charge in [0.2, 0.25) is 0 Å². The Hall–Kier alpha value is -6.85. The number of aromatic nitrogens is 3. The predicted molar refractivity (Wildman–Crippen MR) is 204 cm³/mol. The molecule has 0 radical (unpaired) electrons. The van der Waals surface area contributed by atoms with Crippen LogP contribution in [0, 0.1) is 0 Å². The van der Waals surface area contributed by atoms with Crippen LogP contribution in [0.2, 0.25) is 0 Å². The lowest BCUT2D eigenvalue weighted by Gasteiger charge is -2.25. The van der Waals surface area contributed by atoms with Gasteiger partial charge in [0.1, 0.15) is 11.2 Å². The molecular formula is C45H30N4O. The second-order valence-corrected chi connectivity index (χ2v) is 11.3. The first-order chi connectivity index (χ1) is 28.9. The fraction of sp³-hybridized carbons (Fsp3) is 0. The highest BCUT2D eigenvalue weighted by Gasteiger charge is 2.21. The second-order valence-electron chi connectivity index (χ2n) is 11.3. The summed E-state index contributed by atoms with van der Waals surface area (Å²) in [6.07, 6.45) is 0. The van der Waals surface area contributed by atoms with Gasteiger partial charge in [-0.05, 0) is 59.6 Å². The lowest BCUT2D eigenvalue weighted by atomic mass is 9.96. The van der Waals surface area contributed by atoms with Crippen molar-refractivity contribution in [3.63, 3.8) is 0 Å². The molecule has 5 nitrogen and oxygen atoms in total. The average molecular weight is 653 g/mol. The third-order valence-corrected chi connectivity index (χ3v) is 8.32. The molecule has 236 valence electrons. The summed E-state index contributed by atoms with van der Waals surface area (Å²) < 4.78 is 91.2. The van der Waals surface area contributed by atoms with Crippen molar-refractivity contribution in [1.82, 2.24) is 15.0 Å². The van der Waals surface area contributed by atoms with Crippen molar-refractivity contribution in [1.29, 1.82) is 0 Å². The molecule has 0 aliphatic rings. The van der Waals surface area contributed by atoms with Crippen LogP contribution in [-0.4, -0.2) is 15.0 Å². The number of anilines is 3. The highest BCUT2D eigenvalue weighted by molar-refractivity contribution is 6.16. The molecule has 9 rings (SSSR count). The molecule has 0 amide bonds. The Morgan fingerprint density at radius 2 is 1.02 bits per heavy atom. The van der Waals surface area contributed by atoms with Gasteiger partial charge in [-0.1, -0.05) is 133 Å². The third-order valence-electron chi connectivity index (χ3n) is 8.32. The van der Waals surface area contributed by atoms with E-state index >= 15 is 0 Å². The van der Waals surface area contributed by atoms with Crippen molar-refractivity contribution in [2.24, 2.45) is 0 Å². The van der Waals surface area contributed by atoms with E-state index < -0.39 is 48.3 Å². The van der Waals surface area contributed by atoms with E-state index in [1.54, 1.807) is 4.90 Å². The van der Waals surface area contributed by atoms with Crippen LogP contribution in [0.4, 0.5) is 17.1 Å². The number of rotatable bonds is 7. The summed E-state index contributed by atoms with van der Waals surface area (Å²) in [5.41, 5.74) is 4.75. The lowest BCUT2D eigenvalue weighted by Crippen LogP contribution is -2.09. The van der Waals surface area contributed by atoms with Crippen LogP contribution in [-0.2, 0) is 0 Å². The third kappa shape index (κ3) is 5.37. The molecule has 5 heteroatoms. The van der Waals surface area contributed by atoms with Crippen LogP contribution in [0.5, 0.6) is 0 Å². The number of furan rings is 1. The molecular weight excluding hydrogens is 613 g/mol. The Balaban J connectivity index is 1.24. The molecule has 0 fully saturated rings. The van der Waals surface area contributed by atoms with Crippen molar-refractivity contribution in [2.75, 3.05) is 4.90 Å². The number of benzene rings is 7. The molecule has 0 N–H and O–H groups in total. The van der Waals surface area contributed by atoms with E-state index in [1.807, 2.05) is 121 Å². The number of fused-ring (bicyclic) bond motifs is 3. The summed E-state index contributed by atoms with van der Waals surface area (Å²) in [6, 6.07) is 32.5. The lowest BCUT2D eigenvalue weighted by molar-refractivity contribution is 0.669. The molecule has 0 spiro atoms. The Labute approximate surface area is 303 Å². The normalized spacial score (nSPS) is 14.0. The second kappa shape index (κ2) is 12.6. The molecule has 0 unspecified atom stereocenters. The molecule has 0 atom stereocenters. The Morgan fingerprint density at radius 3 is 1.76 bits per heavy atom. The average Bonchev–Trinajstić information content (AvgIpc) is 3.68. The van der Waals surface area contributed by atoms with E-state index in [0.29, 0.717) is 33.7 Å². The van der Waals surface area contributed by atoms with Crippen molar-refractivity contribution >= 4 is 39.0 Å². The van der Waals surface area contributed by atoms with Crippen molar-refractivity contribution in [2.45, 2.75) is 0 Å². The standard InChI is InChI=1S/C45H30N4O/c1-5-15-32(16-6-1)43-46-44(33-17-7-2-8-18-33)48-45(47-43)39-30-29-37(41-38-23-13-14-24-40(38)50-42(39)41)31-25-27-36(28-26-31)49(34-19-9-3-10-20-34)35-21-11-4-12-22-35/h1-30H/i1D,3D,5D,6D,9D,10D,15D,16D,19D,20D. The molecule has 0 aliphatic carbocycles. The van der Waals surface area contributed by atoms with Gasteiger partial charge in [-0.2, -0.15) is 0 Å². The topological polar surface area (TPSA) is 55.1 Å². The van der Waals surface area contributed by atoms with E-state index in [-0.39, 0.29) is 40.8 Å². The maximum absolute atomic E-state index is 8.77. The highest BCUT2D eigenvalue weighted by atomic mass is 16.3. The van der Waals surface area contributed by atoms with Gasteiger partial charge in [0.15, 0.2) is 17.5 Å². The maximum Gasteiger partial charge on any atom is 0.167 e. The van der Waals surface area contributed by atoms with E-state index in [9.17, 15) is 0 Å². The van der Waals surface area contributed by atoms with Crippen LogP contribution in [0.1, 0.15) is 13.7 Å². The first kappa shape index (κ1) is 20.5. The van der Waals surface area contributed by atoms with Crippen molar-refractivity contribution < 1.29 is 18.1 Å². The van der Waals surface area contributed by atoms with Crippen LogP contribution >= 0.6 is 0 Å². The molecule has 2 aromatic heterocycles. The number of para-hydroxylation sites is 3. The van der Waals surface area contributed by atoms with Gasteiger partial charge in [-0.25, -0.2) is 15.0 Å². The molecule has 0 saturated carbocycles. The molecule has 0 aliphatic heterocycles. The smallest absolute Gasteiger partial charge is 0.167 e. The minimum Gasteiger partial charge on any atom is -0.455 e. The highest BCUT2D eigenvalue weighted by Crippen LogP contribution is 2.42. The molecule has 50 heavy (non-hydrogen) atoms. The number of hydrogen-bond donors (Lipinski definition) is 0. The molecule has 0 bridgehead atoms. The zero-order valence-corrected chi connectivity index (χ0v) is 26.2. The number of hydrogen-bond acceptors (Lipinski definition) is 5. The fourth-order valence-electron chi connectivity index (χ4n) is 6.06. The van der Waals surface area contributed by atoms with Gasteiger partial charge in [0, 0.05) is 39.0 Å². The fourth-order valence-corrected chi connectivity index (χ4v) is 6.06. The summed E-state index contributed by atoms with van der Waals surface area (Å²) in [5.74, 6) is 0.295. The minimum absolute atomic E-state index is 0.0164. The number of nitrogens with zero attached hydrogens (tertiary/aromatic N) is 4. The van der Waals surface area contributed by atoms with Crippen LogP contribution in [0.25, 0.3) is 67.2 Å². The van der Waals surface area contributed by atoms with E-state index in [1.165, 1.54) is 0 Å². The predicted octanol–water partition coefficient (Wildman–Crippen LogP) is 11.9. The Morgan fingerprint density at radius 1 is 0.440 bits per heavy atom. The summed E-state index contributed by atoms with van der Waals surface area (Å²) >= 11 is 0. The van der Waals surface area contributed by atoms with Gasteiger partial charge >= 0.3 is 0 Å². The maximum atomic E-state index is 8.77. The van der Waals surface area contributed by atoms with Gasteiger partial charge in [0.25, 0.3) is 0 Å². The van der Waals surface area contributed by atoms with Gasteiger partial charge in [0.05, 0.1) is 19.3 Å². The van der Waals surface area contributed by atoms with Crippen LogP contribution in [0.3, 0.4) is 0 Å². The summed E-state index contributed by atoms with van der Waals surface area (Å²) in [6.45, 7) is 0. The zero-order valence-electron chi connectivity index (χ0n) is 36.2. The monoisotopic (exact) mass is 652 g/mol.